The van der Waals surface area contributed by atoms with E-state index in [1.165, 1.54) is 0 Å². The molecule has 0 fully saturated rings. The number of benzene rings is 1. The molecular weight excluding hydrogens is 310 g/mol. The Kier molecular flexibility index (Phi) is 3.90. The Hall–Kier alpha value is -1.82. The van der Waals surface area contributed by atoms with Crippen LogP contribution in [0.2, 0.25) is 0 Å². The Balaban J connectivity index is 2.32. The van der Waals surface area contributed by atoms with Gasteiger partial charge in [0.1, 0.15) is 0 Å². The van der Waals surface area contributed by atoms with Crippen LogP contribution in [0.5, 0.6) is 0 Å². The summed E-state index contributed by atoms with van der Waals surface area (Å²) < 4.78 is 2.35. The predicted octanol–water partition coefficient (Wildman–Crippen LogP) is 3.67. The summed E-state index contributed by atoms with van der Waals surface area (Å²) in [6.07, 6.45) is 3.52. The van der Waals surface area contributed by atoms with Gasteiger partial charge >= 0.3 is 5.97 Å². The number of nitrogens with one attached hydrogen (secondary N) is 1. The van der Waals surface area contributed by atoms with Gasteiger partial charge in [0.2, 0.25) is 0 Å². The summed E-state index contributed by atoms with van der Waals surface area (Å²) in [6, 6.07) is 5.47. The second kappa shape index (κ2) is 5.44. The van der Waals surface area contributed by atoms with Crippen molar-refractivity contribution in [3.8, 4) is 0 Å². The van der Waals surface area contributed by atoms with Gasteiger partial charge < -0.3 is 10.4 Å². The molecule has 0 aliphatic rings. The van der Waals surface area contributed by atoms with Crippen LogP contribution in [0, 0.1) is 0 Å². The summed E-state index contributed by atoms with van der Waals surface area (Å²) >= 11 is 3.25. The number of aromatic carboxylic acids is 1. The van der Waals surface area contributed by atoms with E-state index in [9.17, 15) is 9.90 Å². The third-order valence-electron chi connectivity index (χ3n) is 2.64. The second-order valence-electron chi connectivity index (χ2n) is 4.40. The van der Waals surface area contributed by atoms with Gasteiger partial charge in [0.05, 0.1) is 23.1 Å². The van der Waals surface area contributed by atoms with Gasteiger partial charge in [-0.25, -0.2) is 4.79 Å². The molecule has 1 aromatic heterocycles. The van der Waals surface area contributed by atoms with Gasteiger partial charge in [-0.2, -0.15) is 5.10 Å². The summed E-state index contributed by atoms with van der Waals surface area (Å²) in [5.41, 5.74) is 1.50. The Morgan fingerprint density at radius 2 is 2.21 bits per heavy atom. The minimum atomic E-state index is -0.980. The first kappa shape index (κ1) is 13.6. The summed E-state index contributed by atoms with van der Waals surface area (Å²) in [5, 5.41) is 16.5. The van der Waals surface area contributed by atoms with E-state index < -0.39 is 5.97 Å². The van der Waals surface area contributed by atoms with Crippen LogP contribution in [0.1, 0.15) is 30.2 Å². The number of anilines is 2. The van der Waals surface area contributed by atoms with E-state index in [0.717, 1.165) is 5.69 Å². The number of carboxylic acids is 1. The van der Waals surface area contributed by atoms with Crippen molar-refractivity contribution in [3.63, 3.8) is 0 Å². The average molecular weight is 324 g/mol. The molecule has 2 rings (SSSR count). The zero-order valence-corrected chi connectivity index (χ0v) is 12.2. The van der Waals surface area contributed by atoms with Crippen molar-refractivity contribution in [2.24, 2.45) is 0 Å². The lowest BCUT2D eigenvalue weighted by molar-refractivity contribution is 0.0697. The van der Waals surface area contributed by atoms with Crippen molar-refractivity contribution in [1.82, 2.24) is 9.78 Å². The number of nitrogens with zero attached hydrogens (tertiary/aromatic N) is 2. The Morgan fingerprint density at radius 3 is 2.79 bits per heavy atom. The molecule has 19 heavy (non-hydrogen) atoms. The molecule has 0 saturated heterocycles. The van der Waals surface area contributed by atoms with Crippen molar-refractivity contribution in [3.05, 3.63) is 40.6 Å². The van der Waals surface area contributed by atoms with Gasteiger partial charge in [-0.15, -0.1) is 0 Å². The lowest BCUT2D eigenvalue weighted by Crippen LogP contribution is -2.03. The van der Waals surface area contributed by atoms with E-state index in [1.807, 2.05) is 20.0 Å². The smallest absolute Gasteiger partial charge is 0.338 e. The van der Waals surface area contributed by atoms with Crippen LogP contribution in [0.25, 0.3) is 0 Å². The number of carbonyl (C=O) groups is 1. The summed E-state index contributed by atoms with van der Waals surface area (Å²) in [4.78, 5) is 11.3. The van der Waals surface area contributed by atoms with Crippen LogP contribution >= 0.6 is 15.9 Å². The van der Waals surface area contributed by atoms with Crippen molar-refractivity contribution in [1.29, 1.82) is 0 Å². The highest BCUT2D eigenvalue weighted by atomic mass is 79.9. The molecule has 6 heteroatoms. The highest BCUT2D eigenvalue weighted by molar-refractivity contribution is 9.10. The van der Waals surface area contributed by atoms with E-state index in [0.29, 0.717) is 10.2 Å². The van der Waals surface area contributed by atoms with Crippen molar-refractivity contribution in [2.75, 3.05) is 5.32 Å². The first-order valence-corrected chi connectivity index (χ1v) is 6.61. The fourth-order valence-corrected chi connectivity index (χ4v) is 2.22. The molecule has 1 heterocycles. The maximum atomic E-state index is 11.3. The molecule has 100 valence electrons. The second-order valence-corrected chi connectivity index (χ2v) is 5.25. The lowest BCUT2D eigenvalue weighted by atomic mass is 10.2. The van der Waals surface area contributed by atoms with E-state index in [2.05, 4.69) is 26.3 Å². The number of hydrogen-bond donors (Lipinski definition) is 2. The molecule has 2 aromatic rings. The number of halogens is 1. The zero-order chi connectivity index (χ0) is 14.0. The monoisotopic (exact) mass is 323 g/mol. The van der Waals surface area contributed by atoms with Gasteiger partial charge in [0, 0.05) is 16.7 Å². The van der Waals surface area contributed by atoms with E-state index >= 15 is 0 Å². The maximum Gasteiger partial charge on any atom is 0.338 e. The summed E-state index contributed by atoms with van der Waals surface area (Å²) in [7, 11) is 0. The lowest BCUT2D eigenvalue weighted by Gasteiger charge is -2.09. The molecule has 0 saturated carbocycles. The SMILES string of the molecule is CC(C)n1cc(Nc2cccc(Br)c2C(=O)O)cn1. The fraction of sp³-hybridized carbons (Fsp3) is 0.231. The quantitative estimate of drug-likeness (QED) is 0.900. The van der Waals surface area contributed by atoms with E-state index in [4.69, 9.17) is 0 Å². The molecule has 2 N–H and O–H groups in total. The molecule has 0 aliphatic heterocycles. The maximum absolute atomic E-state index is 11.3. The number of aromatic nitrogens is 2. The Morgan fingerprint density at radius 1 is 1.47 bits per heavy atom. The van der Waals surface area contributed by atoms with Crippen LogP contribution in [0.15, 0.2) is 35.1 Å². The summed E-state index contributed by atoms with van der Waals surface area (Å²) in [5.74, 6) is -0.980. The van der Waals surface area contributed by atoms with Gasteiger partial charge in [-0.05, 0) is 41.9 Å². The molecule has 1 aromatic carbocycles. The summed E-state index contributed by atoms with van der Waals surface area (Å²) in [6.45, 7) is 4.05. The largest absolute Gasteiger partial charge is 0.478 e. The molecule has 0 spiro atoms. The van der Waals surface area contributed by atoms with Gasteiger partial charge in [0.15, 0.2) is 0 Å². The number of hydrogen-bond acceptors (Lipinski definition) is 3. The third kappa shape index (κ3) is 2.96. The molecule has 0 bridgehead atoms. The van der Waals surface area contributed by atoms with Crippen LogP contribution < -0.4 is 5.32 Å². The first-order chi connectivity index (χ1) is 8.99. The molecule has 5 nitrogen and oxygen atoms in total. The molecule has 0 aliphatic carbocycles. The minimum absolute atomic E-state index is 0.208. The van der Waals surface area contributed by atoms with Crippen LogP contribution in [0.4, 0.5) is 11.4 Å². The average Bonchev–Trinajstić information content (AvgIpc) is 2.77. The molecule has 0 unspecified atom stereocenters. The van der Waals surface area contributed by atoms with Crippen LogP contribution in [-0.4, -0.2) is 20.9 Å². The Bertz CT molecular complexity index is 608. The van der Waals surface area contributed by atoms with E-state index in [-0.39, 0.29) is 11.6 Å². The minimum Gasteiger partial charge on any atom is -0.478 e. The normalized spacial score (nSPS) is 10.7. The molecule has 0 atom stereocenters. The van der Waals surface area contributed by atoms with Crippen molar-refractivity contribution < 1.29 is 9.90 Å². The number of rotatable bonds is 4. The standard InChI is InChI=1S/C13H14BrN3O2/c1-8(2)17-7-9(6-15-17)16-11-5-3-4-10(14)12(11)13(18)19/h3-8,16H,1-2H3,(H,18,19). The topological polar surface area (TPSA) is 67.2 Å². The van der Waals surface area contributed by atoms with Gasteiger partial charge in [-0.1, -0.05) is 6.07 Å². The highest BCUT2D eigenvalue weighted by Gasteiger charge is 2.14. The van der Waals surface area contributed by atoms with Crippen molar-refractivity contribution >= 4 is 33.3 Å². The number of carboxylic acid groups (broad SMARTS) is 1. The molecule has 0 amide bonds. The zero-order valence-electron chi connectivity index (χ0n) is 10.6. The van der Waals surface area contributed by atoms with Crippen LogP contribution in [0.3, 0.4) is 0 Å². The van der Waals surface area contributed by atoms with Gasteiger partial charge in [-0.3, -0.25) is 4.68 Å². The van der Waals surface area contributed by atoms with E-state index in [1.54, 1.807) is 29.1 Å². The first-order valence-electron chi connectivity index (χ1n) is 5.82. The third-order valence-corrected chi connectivity index (χ3v) is 3.30. The van der Waals surface area contributed by atoms with Crippen LogP contribution in [-0.2, 0) is 0 Å². The predicted molar refractivity (Wildman–Crippen MR) is 77.0 cm³/mol. The van der Waals surface area contributed by atoms with Gasteiger partial charge in [0.25, 0.3) is 0 Å². The highest BCUT2D eigenvalue weighted by Crippen LogP contribution is 2.27. The Labute approximate surface area is 119 Å². The molecular formula is C13H14BrN3O2. The van der Waals surface area contributed by atoms with Crippen molar-refractivity contribution in [2.45, 2.75) is 19.9 Å². The fourth-order valence-electron chi connectivity index (χ4n) is 1.69. The molecule has 0 radical (unpaired) electrons.